The maximum absolute atomic E-state index is 12.3. The van der Waals surface area contributed by atoms with Crippen LogP contribution < -0.4 is 4.72 Å². The number of sulfonamides is 1. The third kappa shape index (κ3) is 3.89. The van der Waals surface area contributed by atoms with Crippen LogP contribution in [0, 0.1) is 3.57 Å². The zero-order valence-electron chi connectivity index (χ0n) is 9.93. The molecule has 0 amide bonds. The fourth-order valence-electron chi connectivity index (χ4n) is 1.41. The largest absolute Gasteiger partial charge is 0.477 e. The first kappa shape index (κ1) is 17.0. The minimum atomic E-state index is -3.89. The van der Waals surface area contributed by atoms with Gasteiger partial charge >= 0.3 is 5.97 Å². The van der Waals surface area contributed by atoms with Gasteiger partial charge in [0.05, 0.1) is 9.47 Å². The molecule has 0 aliphatic rings. The minimum absolute atomic E-state index is 0.0620. The number of anilines is 1. The van der Waals surface area contributed by atoms with E-state index in [9.17, 15) is 13.2 Å². The lowest BCUT2D eigenvalue weighted by atomic mass is 10.3. The molecule has 2 N–H and O–H groups in total. The van der Waals surface area contributed by atoms with Gasteiger partial charge in [0.2, 0.25) is 0 Å². The van der Waals surface area contributed by atoms with E-state index in [1.807, 2.05) is 22.6 Å². The van der Waals surface area contributed by atoms with Crippen molar-refractivity contribution in [3.63, 3.8) is 0 Å². The van der Waals surface area contributed by atoms with Gasteiger partial charge in [-0.3, -0.25) is 4.72 Å². The third-order valence-corrected chi connectivity index (χ3v) is 7.06. The highest BCUT2D eigenvalue weighted by atomic mass is 127. The maximum atomic E-state index is 12.3. The third-order valence-electron chi connectivity index (χ3n) is 2.33. The highest BCUT2D eigenvalue weighted by Gasteiger charge is 2.23. The Morgan fingerprint density at radius 2 is 2.05 bits per heavy atom. The number of carboxylic acids is 1. The monoisotopic (exact) mass is 521 g/mol. The number of hydrogen-bond donors (Lipinski definition) is 2. The molecule has 0 unspecified atom stereocenters. The van der Waals surface area contributed by atoms with Crippen LogP contribution in [0.4, 0.5) is 5.69 Å². The Hall–Kier alpha value is -0.360. The number of carbonyl (C=O) groups is 1. The van der Waals surface area contributed by atoms with Gasteiger partial charge in [0, 0.05) is 8.59 Å². The molecule has 0 atom stereocenters. The summed E-state index contributed by atoms with van der Waals surface area (Å²) >= 11 is 11.7. The fourth-order valence-corrected chi connectivity index (χ4v) is 6.09. The lowest BCUT2D eigenvalue weighted by Gasteiger charge is -2.09. The molecular weight excluding hydrogens is 517 g/mol. The van der Waals surface area contributed by atoms with Crippen molar-refractivity contribution in [2.75, 3.05) is 4.72 Å². The Kier molecular flexibility index (Phi) is 5.19. The maximum Gasteiger partial charge on any atom is 0.345 e. The van der Waals surface area contributed by atoms with Gasteiger partial charge in [-0.15, -0.1) is 11.3 Å². The van der Waals surface area contributed by atoms with Crippen LogP contribution in [0.25, 0.3) is 0 Å². The molecule has 1 heterocycles. The Morgan fingerprint density at radius 1 is 1.38 bits per heavy atom. The number of aromatic carboxylic acids is 1. The van der Waals surface area contributed by atoms with Gasteiger partial charge < -0.3 is 5.11 Å². The quantitative estimate of drug-likeness (QED) is 0.588. The minimum Gasteiger partial charge on any atom is -0.477 e. The highest BCUT2D eigenvalue weighted by molar-refractivity contribution is 14.1. The molecule has 5 nitrogen and oxygen atoms in total. The van der Waals surface area contributed by atoms with E-state index in [-0.39, 0.29) is 13.6 Å². The number of rotatable bonds is 4. The van der Waals surface area contributed by atoms with Gasteiger partial charge in [-0.05, 0) is 62.8 Å². The number of halogens is 3. The average molecular weight is 523 g/mol. The molecule has 1 aromatic heterocycles. The van der Waals surface area contributed by atoms with Crippen molar-refractivity contribution in [1.82, 2.24) is 0 Å². The Labute approximate surface area is 151 Å². The van der Waals surface area contributed by atoms with Crippen LogP contribution in [-0.2, 0) is 10.0 Å². The van der Waals surface area contributed by atoms with Gasteiger partial charge in [-0.1, -0.05) is 11.6 Å². The van der Waals surface area contributed by atoms with Gasteiger partial charge in [-0.25, -0.2) is 13.2 Å². The van der Waals surface area contributed by atoms with E-state index in [4.69, 9.17) is 16.7 Å². The van der Waals surface area contributed by atoms with E-state index in [1.165, 1.54) is 0 Å². The normalized spacial score (nSPS) is 11.4. The van der Waals surface area contributed by atoms with Crippen LogP contribution in [0.15, 0.2) is 32.9 Å². The molecule has 0 saturated carbocycles. The lowest BCUT2D eigenvalue weighted by molar-refractivity contribution is 0.0702. The molecule has 1 aromatic carbocycles. The van der Waals surface area contributed by atoms with Crippen molar-refractivity contribution < 1.29 is 18.3 Å². The Balaban J connectivity index is 2.41. The second-order valence-electron chi connectivity index (χ2n) is 3.78. The van der Waals surface area contributed by atoms with Crippen LogP contribution >= 0.6 is 61.5 Å². The Bertz CT molecular complexity index is 822. The van der Waals surface area contributed by atoms with Crippen LogP contribution in [-0.4, -0.2) is 19.5 Å². The lowest BCUT2D eigenvalue weighted by Crippen LogP contribution is -2.13. The Morgan fingerprint density at radius 3 is 2.57 bits per heavy atom. The van der Waals surface area contributed by atoms with Crippen molar-refractivity contribution in [3.8, 4) is 0 Å². The first-order chi connectivity index (χ1) is 9.70. The number of benzene rings is 1. The van der Waals surface area contributed by atoms with Gasteiger partial charge in [0.1, 0.15) is 9.77 Å². The van der Waals surface area contributed by atoms with Crippen molar-refractivity contribution in [2.45, 2.75) is 4.90 Å². The smallest absolute Gasteiger partial charge is 0.345 e. The molecule has 0 fully saturated rings. The second kappa shape index (κ2) is 6.41. The summed E-state index contributed by atoms with van der Waals surface area (Å²) in [5.41, 5.74) is 0.370. The first-order valence-electron chi connectivity index (χ1n) is 5.21. The first-order valence-corrected chi connectivity index (χ1v) is 9.76. The molecular formula is C11H6BrClINO4S2. The molecule has 0 aliphatic heterocycles. The summed E-state index contributed by atoms with van der Waals surface area (Å²) in [7, 11) is -3.89. The van der Waals surface area contributed by atoms with Crippen molar-refractivity contribution >= 4 is 83.1 Å². The van der Waals surface area contributed by atoms with Crippen molar-refractivity contribution in [1.29, 1.82) is 0 Å². The van der Waals surface area contributed by atoms with Gasteiger partial charge in [0.25, 0.3) is 10.0 Å². The predicted molar refractivity (Wildman–Crippen MR) is 94.0 cm³/mol. The van der Waals surface area contributed by atoms with Crippen LogP contribution in [0.3, 0.4) is 0 Å². The summed E-state index contributed by atoms with van der Waals surface area (Å²) < 4.78 is 27.9. The molecule has 0 aliphatic carbocycles. The van der Waals surface area contributed by atoms with Gasteiger partial charge in [0.15, 0.2) is 0 Å². The molecule has 0 spiro atoms. The molecule has 0 radical (unpaired) electrons. The van der Waals surface area contributed by atoms with E-state index in [2.05, 4.69) is 20.7 Å². The van der Waals surface area contributed by atoms with E-state index < -0.39 is 16.0 Å². The topological polar surface area (TPSA) is 83.5 Å². The predicted octanol–water partition coefficient (Wildman–Crippen LogP) is 4.27. The zero-order valence-corrected chi connectivity index (χ0v) is 16.1. The summed E-state index contributed by atoms with van der Waals surface area (Å²) in [6, 6.07) is 5.83. The standard InChI is InChI=1S/C11H6BrClINO4S2/c12-10-9(4-8(20-10)11(16)17)21(18,19)15-7-2-1-5(13)3-6(7)14/h1-4,15H,(H,16,17). The molecule has 2 rings (SSSR count). The fraction of sp³-hybridized carbons (Fsp3) is 0. The number of nitrogens with one attached hydrogen (secondary N) is 1. The number of hydrogen-bond acceptors (Lipinski definition) is 4. The zero-order chi connectivity index (χ0) is 15.8. The van der Waals surface area contributed by atoms with Crippen LogP contribution in [0.1, 0.15) is 9.67 Å². The summed E-state index contributed by atoms with van der Waals surface area (Å²) in [5.74, 6) is -1.18. The summed E-state index contributed by atoms with van der Waals surface area (Å²) in [5, 5.41) is 9.40. The highest BCUT2D eigenvalue weighted by Crippen LogP contribution is 2.33. The summed E-state index contributed by atoms with van der Waals surface area (Å²) in [6.07, 6.45) is 0. The number of thiophene rings is 1. The van der Waals surface area contributed by atoms with E-state index in [1.54, 1.807) is 18.2 Å². The number of carboxylic acid groups (broad SMARTS) is 1. The average Bonchev–Trinajstić information content (AvgIpc) is 2.76. The van der Waals surface area contributed by atoms with Crippen LogP contribution in [0.2, 0.25) is 5.02 Å². The molecule has 10 heteroatoms. The summed E-state index contributed by atoms with van der Waals surface area (Å²) in [4.78, 5) is 10.7. The van der Waals surface area contributed by atoms with Crippen molar-refractivity contribution in [3.05, 3.63) is 41.5 Å². The molecule has 2 aromatic rings. The van der Waals surface area contributed by atoms with Gasteiger partial charge in [-0.2, -0.15) is 0 Å². The molecule has 0 bridgehead atoms. The van der Waals surface area contributed by atoms with E-state index in [0.29, 0.717) is 14.3 Å². The second-order valence-corrected chi connectivity index (χ2v) is 9.40. The van der Waals surface area contributed by atoms with E-state index in [0.717, 1.165) is 17.4 Å². The molecule has 112 valence electrons. The van der Waals surface area contributed by atoms with Crippen LogP contribution in [0.5, 0.6) is 0 Å². The van der Waals surface area contributed by atoms with E-state index >= 15 is 0 Å². The molecule has 0 saturated heterocycles. The summed E-state index contributed by atoms with van der Waals surface area (Å²) in [6.45, 7) is 0. The van der Waals surface area contributed by atoms with Crippen molar-refractivity contribution in [2.24, 2.45) is 0 Å². The molecule has 21 heavy (non-hydrogen) atoms. The SMILES string of the molecule is O=C(O)c1cc(S(=O)(=O)Nc2ccc(Cl)cc2I)c(Br)s1.